The molecule has 0 aromatic heterocycles. The number of rotatable bonds is 9. The van der Waals surface area contributed by atoms with E-state index in [1.165, 1.54) is 12.8 Å². The van der Waals surface area contributed by atoms with E-state index in [0.29, 0.717) is 5.96 Å². The molecule has 1 aliphatic carbocycles. The molecule has 6 heteroatoms. The van der Waals surface area contributed by atoms with Gasteiger partial charge in [0.25, 0.3) is 0 Å². The fourth-order valence-electron chi connectivity index (χ4n) is 2.07. The maximum absolute atomic E-state index is 5.95. The van der Waals surface area contributed by atoms with E-state index in [1.54, 1.807) is 7.11 Å². The molecule has 1 saturated carbocycles. The summed E-state index contributed by atoms with van der Waals surface area (Å²) in [5, 5.41) is 0. The Kier molecular flexibility index (Phi) is 10.6. The first kappa shape index (κ1) is 18.9. The van der Waals surface area contributed by atoms with E-state index in [2.05, 4.69) is 28.6 Å². The van der Waals surface area contributed by atoms with Gasteiger partial charge in [-0.2, -0.15) is 0 Å². The molecule has 0 amide bonds. The van der Waals surface area contributed by atoms with Gasteiger partial charge in [0.2, 0.25) is 0 Å². The normalized spacial score (nSPS) is 15.5. The summed E-state index contributed by atoms with van der Waals surface area (Å²) in [5.41, 5.74) is 5.95. The second-order valence-electron chi connectivity index (χ2n) is 4.67. The van der Waals surface area contributed by atoms with E-state index < -0.39 is 0 Å². The molecule has 1 rings (SSSR count). The molecule has 5 nitrogen and oxygen atoms in total. The van der Waals surface area contributed by atoms with Crippen molar-refractivity contribution in [3.63, 3.8) is 0 Å². The van der Waals surface area contributed by atoms with Gasteiger partial charge >= 0.3 is 0 Å². The second-order valence-corrected chi connectivity index (χ2v) is 4.67. The van der Waals surface area contributed by atoms with Crippen LogP contribution in [0.1, 0.15) is 26.7 Å². The lowest BCUT2D eigenvalue weighted by Crippen LogP contribution is -2.38. The molecule has 0 aliphatic heterocycles. The van der Waals surface area contributed by atoms with Crippen LogP contribution in [0.25, 0.3) is 0 Å². The van der Waals surface area contributed by atoms with Gasteiger partial charge in [0.05, 0.1) is 13.2 Å². The van der Waals surface area contributed by atoms with Crippen LogP contribution in [0.5, 0.6) is 0 Å². The number of guanidine groups is 1. The Hall–Kier alpha value is -0.0800. The van der Waals surface area contributed by atoms with Crippen molar-refractivity contribution in [1.29, 1.82) is 0 Å². The van der Waals surface area contributed by atoms with Gasteiger partial charge < -0.3 is 15.4 Å². The second kappa shape index (κ2) is 10.7. The average molecular weight is 384 g/mol. The quantitative estimate of drug-likeness (QED) is 0.371. The molecule has 0 saturated heterocycles. The summed E-state index contributed by atoms with van der Waals surface area (Å²) in [7, 11) is 1.75. The maximum atomic E-state index is 5.95. The minimum atomic E-state index is 0. The topological polar surface area (TPSA) is 54.1 Å². The lowest BCUT2D eigenvalue weighted by atomic mass is 10.4. The molecule has 0 radical (unpaired) electrons. The van der Waals surface area contributed by atoms with Gasteiger partial charge in [-0.15, -0.1) is 24.0 Å². The average Bonchev–Trinajstić information content (AvgIpc) is 3.19. The van der Waals surface area contributed by atoms with Crippen molar-refractivity contribution in [1.82, 2.24) is 9.80 Å². The van der Waals surface area contributed by atoms with Crippen LogP contribution in [0, 0.1) is 0 Å². The standard InChI is InChI=1S/C13H28N4O.HI/c1-4-16(5-2)13(14)15-8-9-17(10-11-18-3)12-6-7-12;/h12H,4-11H2,1-3H3,(H2,14,15);1H. The lowest BCUT2D eigenvalue weighted by Gasteiger charge is -2.22. The van der Waals surface area contributed by atoms with Crippen LogP contribution >= 0.6 is 24.0 Å². The molecule has 0 heterocycles. The van der Waals surface area contributed by atoms with E-state index in [-0.39, 0.29) is 24.0 Å². The molecule has 0 spiro atoms. The summed E-state index contributed by atoms with van der Waals surface area (Å²) in [5.74, 6) is 0.669. The van der Waals surface area contributed by atoms with Gasteiger partial charge in [-0.05, 0) is 26.7 Å². The third-order valence-corrected chi connectivity index (χ3v) is 3.39. The number of hydrogen-bond donors (Lipinski definition) is 1. The first-order valence-electron chi connectivity index (χ1n) is 7.00. The van der Waals surface area contributed by atoms with Crippen molar-refractivity contribution in [3.05, 3.63) is 0 Å². The number of nitrogens with zero attached hydrogens (tertiary/aromatic N) is 3. The van der Waals surface area contributed by atoms with Gasteiger partial charge in [0.15, 0.2) is 5.96 Å². The number of halogens is 1. The first-order chi connectivity index (χ1) is 8.72. The first-order valence-corrected chi connectivity index (χ1v) is 7.00. The van der Waals surface area contributed by atoms with E-state index in [0.717, 1.165) is 45.4 Å². The third-order valence-electron chi connectivity index (χ3n) is 3.39. The van der Waals surface area contributed by atoms with Crippen LogP contribution < -0.4 is 5.73 Å². The SMILES string of the molecule is CCN(CC)C(N)=NCCN(CCOC)C1CC1.I. The molecule has 0 atom stereocenters. The van der Waals surface area contributed by atoms with E-state index in [4.69, 9.17) is 10.5 Å². The molecule has 2 N–H and O–H groups in total. The molecule has 0 unspecified atom stereocenters. The third kappa shape index (κ3) is 7.31. The Morgan fingerprint density at radius 1 is 1.26 bits per heavy atom. The number of aliphatic imine (C=N–C) groups is 1. The van der Waals surface area contributed by atoms with Crippen molar-refractivity contribution in [2.75, 3.05) is 46.4 Å². The number of hydrogen-bond acceptors (Lipinski definition) is 3. The predicted molar refractivity (Wildman–Crippen MR) is 91.3 cm³/mol. The summed E-state index contributed by atoms with van der Waals surface area (Å²) in [6.45, 7) is 9.60. The van der Waals surface area contributed by atoms with Crippen molar-refractivity contribution in [3.8, 4) is 0 Å². The molecule has 0 bridgehead atoms. The minimum Gasteiger partial charge on any atom is -0.383 e. The zero-order valence-electron chi connectivity index (χ0n) is 12.5. The molecule has 0 aromatic rings. The largest absolute Gasteiger partial charge is 0.383 e. The van der Waals surface area contributed by atoms with Crippen LogP contribution in [-0.4, -0.2) is 68.2 Å². The van der Waals surface area contributed by atoms with E-state index in [9.17, 15) is 0 Å². The fourth-order valence-corrected chi connectivity index (χ4v) is 2.07. The Balaban J connectivity index is 0.00000324. The Morgan fingerprint density at radius 3 is 2.37 bits per heavy atom. The summed E-state index contributed by atoms with van der Waals surface area (Å²) in [6.07, 6.45) is 2.64. The van der Waals surface area contributed by atoms with E-state index in [1.807, 2.05) is 0 Å². The van der Waals surface area contributed by atoms with Crippen LogP contribution in [-0.2, 0) is 4.74 Å². The number of methoxy groups -OCH3 is 1. The highest BCUT2D eigenvalue weighted by Crippen LogP contribution is 2.26. The Morgan fingerprint density at radius 2 is 1.89 bits per heavy atom. The van der Waals surface area contributed by atoms with Gasteiger partial charge in [-0.1, -0.05) is 0 Å². The van der Waals surface area contributed by atoms with E-state index >= 15 is 0 Å². The Bertz CT molecular complexity index is 255. The van der Waals surface area contributed by atoms with Gasteiger partial charge in [-0.25, -0.2) is 0 Å². The fraction of sp³-hybridized carbons (Fsp3) is 0.923. The van der Waals surface area contributed by atoms with Crippen LogP contribution in [0.2, 0.25) is 0 Å². The molecular weight excluding hydrogens is 355 g/mol. The molecule has 0 aromatic carbocycles. The van der Waals surface area contributed by atoms with Crippen molar-refractivity contribution >= 4 is 29.9 Å². The highest BCUT2D eigenvalue weighted by Gasteiger charge is 2.28. The zero-order valence-corrected chi connectivity index (χ0v) is 14.8. The predicted octanol–water partition coefficient (Wildman–Crippen LogP) is 1.37. The van der Waals surface area contributed by atoms with Gasteiger partial charge in [-0.3, -0.25) is 9.89 Å². The van der Waals surface area contributed by atoms with Crippen LogP contribution in [0.3, 0.4) is 0 Å². The molecule has 1 fully saturated rings. The molecule has 114 valence electrons. The number of ether oxygens (including phenoxy) is 1. The van der Waals surface area contributed by atoms with Crippen LogP contribution in [0.15, 0.2) is 4.99 Å². The summed E-state index contributed by atoms with van der Waals surface area (Å²) < 4.78 is 5.14. The maximum Gasteiger partial charge on any atom is 0.191 e. The van der Waals surface area contributed by atoms with Gasteiger partial charge in [0, 0.05) is 39.3 Å². The molecule has 1 aliphatic rings. The molecule has 19 heavy (non-hydrogen) atoms. The molecular formula is C13H29IN4O. The highest BCUT2D eigenvalue weighted by atomic mass is 127. The van der Waals surface area contributed by atoms with Gasteiger partial charge in [0.1, 0.15) is 0 Å². The number of nitrogens with two attached hydrogens (primary N) is 1. The van der Waals surface area contributed by atoms with Crippen molar-refractivity contribution < 1.29 is 4.74 Å². The summed E-state index contributed by atoms with van der Waals surface area (Å²) in [4.78, 5) is 9.00. The van der Waals surface area contributed by atoms with Crippen molar-refractivity contribution in [2.24, 2.45) is 10.7 Å². The summed E-state index contributed by atoms with van der Waals surface area (Å²) in [6, 6.07) is 0.755. The Labute approximate surface area is 134 Å². The van der Waals surface area contributed by atoms with Crippen molar-refractivity contribution in [2.45, 2.75) is 32.7 Å². The smallest absolute Gasteiger partial charge is 0.191 e. The zero-order chi connectivity index (χ0) is 13.4. The highest BCUT2D eigenvalue weighted by molar-refractivity contribution is 14.0. The minimum absolute atomic E-state index is 0. The lowest BCUT2D eigenvalue weighted by molar-refractivity contribution is 0.145. The monoisotopic (exact) mass is 384 g/mol. The van der Waals surface area contributed by atoms with Crippen LogP contribution in [0.4, 0.5) is 0 Å². The summed E-state index contributed by atoms with van der Waals surface area (Å²) >= 11 is 0.